The van der Waals surface area contributed by atoms with Crippen molar-refractivity contribution in [2.45, 2.75) is 44.7 Å². The van der Waals surface area contributed by atoms with Crippen molar-refractivity contribution < 1.29 is 9.90 Å². The first kappa shape index (κ1) is 18.4. The molecular formula is C23H25N3O2. The minimum Gasteiger partial charge on any atom is -0.508 e. The SMILES string of the molecule is CCCCC1N=C2C(Cc3ccccc3)=NC(c3ccc(O)cc3)CN2C1=O. The van der Waals surface area contributed by atoms with Crippen LogP contribution in [0.5, 0.6) is 5.75 Å². The molecule has 2 unspecified atom stereocenters. The summed E-state index contributed by atoms with van der Waals surface area (Å²) in [6, 6.07) is 16.8. The second-order valence-electron chi connectivity index (χ2n) is 7.41. The van der Waals surface area contributed by atoms with Gasteiger partial charge in [-0.2, -0.15) is 0 Å². The number of amidine groups is 1. The van der Waals surface area contributed by atoms with E-state index in [4.69, 9.17) is 9.98 Å². The molecule has 2 aliphatic heterocycles. The van der Waals surface area contributed by atoms with Crippen LogP contribution in [0.15, 0.2) is 64.6 Å². The van der Waals surface area contributed by atoms with E-state index in [1.165, 1.54) is 0 Å². The number of fused-ring (bicyclic) bond motifs is 1. The number of unbranched alkanes of at least 4 members (excludes halogenated alkanes) is 1. The highest BCUT2D eigenvalue weighted by Gasteiger charge is 2.40. The van der Waals surface area contributed by atoms with Gasteiger partial charge in [0.15, 0.2) is 5.84 Å². The molecule has 4 rings (SSSR count). The Balaban J connectivity index is 1.67. The molecule has 0 aromatic heterocycles. The summed E-state index contributed by atoms with van der Waals surface area (Å²) in [7, 11) is 0. The third-order valence-corrected chi connectivity index (χ3v) is 5.33. The zero-order valence-electron chi connectivity index (χ0n) is 16.1. The fourth-order valence-corrected chi connectivity index (χ4v) is 3.80. The van der Waals surface area contributed by atoms with Gasteiger partial charge in [-0.05, 0) is 29.7 Å². The molecule has 0 spiro atoms. The third kappa shape index (κ3) is 3.70. The van der Waals surface area contributed by atoms with Gasteiger partial charge in [0.25, 0.3) is 5.91 Å². The standard InChI is InChI=1S/C23H25N3O2/c1-2-3-9-19-23(28)26-15-21(17-10-12-18(27)13-11-17)24-20(22(26)25-19)14-16-7-5-4-6-8-16/h4-8,10-13,19,21,27H,2-3,9,14-15H2,1H3. The molecule has 2 aromatic carbocycles. The molecule has 2 atom stereocenters. The van der Waals surface area contributed by atoms with Crippen LogP contribution in [-0.4, -0.2) is 40.0 Å². The Labute approximate surface area is 165 Å². The summed E-state index contributed by atoms with van der Waals surface area (Å²) in [4.78, 5) is 24.6. The molecule has 2 heterocycles. The summed E-state index contributed by atoms with van der Waals surface area (Å²) in [6.45, 7) is 2.63. The number of nitrogens with zero attached hydrogens (tertiary/aromatic N) is 3. The second-order valence-corrected chi connectivity index (χ2v) is 7.41. The van der Waals surface area contributed by atoms with Crippen LogP contribution in [0.1, 0.15) is 43.4 Å². The molecule has 0 bridgehead atoms. The summed E-state index contributed by atoms with van der Waals surface area (Å²) < 4.78 is 0. The number of carbonyl (C=O) groups is 1. The molecular weight excluding hydrogens is 350 g/mol. The normalized spacial score (nSPS) is 21.3. The number of benzene rings is 2. The minimum absolute atomic E-state index is 0.0905. The summed E-state index contributed by atoms with van der Waals surface area (Å²) in [6.07, 6.45) is 3.49. The van der Waals surface area contributed by atoms with E-state index in [-0.39, 0.29) is 23.7 Å². The lowest BCUT2D eigenvalue weighted by Gasteiger charge is -2.29. The van der Waals surface area contributed by atoms with Gasteiger partial charge in [-0.25, -0.2) is 0 Å². The Bertz CT molecular complexity index is 903. The smallest absolute Gasteiger partial charge is 0.253 e. The van der Waals surface area contributed by atoms with Crippen molar-refractivity contribution in [3.8, 4) is 5.75 Å². The molecule has 0 fully saturated rings. The van der Waals surface area contributed by atoms with Crippen molar-refractivity contribution in [2.75, 3.05) is 6.54 Å². The molecule has 2 aliphatic rings. The number of rotatable bonds is 6. The fraction of sp³-hybridized carbons (Fsp3) is 0.348. The van der Waals surface area contributed by atoms with Crippen molar-refractivity contribution in [3.05, 3.63) is 65.7 Å². The molecule has 5 heteroatoms. The highest BCUT2D eigenvalue weighted by Crippen LogP contribution is 2.30. The average molecular weight is 375 g/mol. The lowest BCUT2D eigenvalue weighted by Crippen LogP contribution is -2.45. The Hall–Kier alpha value is -2.95. The van der Waals surface area contributed by atoms with E-state index in [1.807, 2.05) is 35.2 Å². The van der Waals surface area contributed by atoms with Crippen molar-refractivity contribution in [2.24, 2.45) is 9.98 Å². The van der Waals surface area contributed by atoms with Crippen LogP contribution in [0, 0.1) is 0 Å². The lowest BCUT2D eigenvalue weighted by molar-refractivity contribution is -0.127. The average Bonchev–Trinajstić information content (AvgIpc) is 3.04. The molecule has 0 aliphatic carbocycles. The maximum Gasteiger partial charge on any atom is 0.253 e. The van der Waals surface area contributed by atoms with Crippen LogP contribution in [0.2, 0.25) is 0 Å². The number of amides is 1. The lowest BCUT2D eigenvalue weighted by atomic mass is 10.0. The van der Waals surface area contributed by atoms with Gasteiger partial charge in [-0.3, -0.25) is 19.7 Å². The van der Waals surface area contributed by atoms with Crippen molar-refractivity contribution in [3.63, 3.8) is 0 Å². The Morgan fingerprint density at radius 2 is 1.82 bits per heavy atom. The predicted molar refractivity (Wildman–Crippen MR) is 111 cm³/mol. The largest absolute Gasteiger partial charge is 0.508 e. The maximum atomic E-state index is 13.0. The minimum atomic E-state index is -0.283. The molecule has 1 amide bonds. The number of aliphatic imine (C=N–C) groups is 2. The fourth-order valence-electron chi connectivity index (χ4n) is 3.80. The molecule has 144 valence electrons. The molecule has 0 saturated heterocycles. The number of phenols is 1. The van der Waals surface area contributed by atoms with Gasteiger partial charge < -0.3 is 5.11 Å². The van der Waals surface area contributed by atoms with Crippen LogP contribution in [-0.2, 0) is 11.2 Å². The quantitative estimate of drug-likeness (QED) is 0.831. The van der Waals surface area contributed by atoms with Crippen molar-refractivity contribution in [1.82, 2.24) is 4.90 Å². The van der Waals surface area contributed by atoms with Gasteiger partial charge in [-0.1, -0.05) is 62.2 Å². The number of hydrogen-bond acceptors (Lipinski definition) is 4. The summed E-state index contributed by atoms with van der Waals surface area (Å²) in [5.74, 6) is 1.06. The molecule has 1 N–H and O–H groups in total. The summed E-state index contributed by atoms with van der Waals surface area (Å²) >= 11 is 0. The van der Waals surface area contributed by atoms with E-state index in [9.17, 15) is 9.90 Å². The topological polar surface area (TPSA) is 65.3 Å². The first-order chi connectivity index (χ1) is 13.7. The van der Waals surface area contributed by atoms with Crippen LogP contribution in [0.3, 0.4) is 0 Å². The van der Waals surface area contributed by atoms with E-state index >= 15 is 0 Å². The van der Waals surface area contributed by atoms with Crippen LogP contribution in [0.25, 0.3) is 0 Å². The van der Waals surface area contributed by atoms with Gasteiger partial charge >= 0.3 is 0 Å². The van der Waals surface area contributed by atoms with E-state index in [2.05, 4.69) is 19.1 Å². The highest BCUT2D eigenvalue weighted by atomic mass is 16.3. The molecule has 2 aromatic rings. The zero-order valence-corrected chi connectivity index (χ0v) is 16.1. The number of aromatic hydroxyl groups is 1. The van der Waals surface area contributed by atoms with Crippen molar-refractivity contribution >= 4 is 17.5 Å². The van der Waals surface area contributed by atoms with Crippen molar-refractivity contribution in [1.29, 1.82) is 0 Å². The predicted octanol–water partition coefficient (Wildman–Crippen LogP) is 3.93. The first-order valence-electron chi connectivity index (χ1n) is 9.94. The van der Waals surface area contributed by atoms with Gasteiger partial charge in [0.05, 0.1) is 18.3 Å². The van der Waals surface area contributed by atoms with Gasteiger partial charge in [0.1, 0.15) is 11.8 Å². The third-order valence-electron chi connectivity index (χ3n) is 5.33. The van der Waals surface area contributed by atoms with E-state index in [0.717, 1.165) is 41.9 Å². The monoisotopic (exact) mass is 375 g/mol. The summed E-state index contributed by atoms with van der Waals surface area (Å²) in [5, 5.41) is 9.59. The highest BCUT2D eigenvalue weighted by molar-refractivity contribution is 6.46. The summed E-state index contributed by atoms with van der Waals surface area (Å²) in [5.41, 5.74) is 3.01. The Morgan fingerprint density at radius 1 is 1.07 bits per heavy atom. The zero-order chi connectivity index (χ0) is 19.5. The molecule has 0 radical (unpaired) electrons. The second kappa shape index (κ2) is 7.97. The van der Waals surface area contributed by atoms with E-state index < -0.39 is 0 Å². The molecule has 28 heavy (non-hydrogen) atoms. The number of carbonyl (C=O) groups excluding carboxylic acids is 1. The first-order valence-corrected chi connectivity index (χ1v) is 9.94. The molecule has 5 nitrogen and oxygen atoms in total. The van der Waals surface area contributed by atoms with Gasteiger partial charge in [-0.15, -0.1) is 0 Å². The van der Waals surface area contributed by atoms with E-state index in [0.29, 0.717) is 13.0 Å². The van der Waals surface area contributed by atoms with Gasteiger partial charge in [0.2, 0.25) is 0 Å². The van der Waals surface area contributed by atoms with Gasteiger partial charge in [0, 0.05) is 6.42 Å². The Kier molecular flexibility index (Phi) is 5.24. The van der Waals surface area contributed by atoms with E-state index in [1.54, 1.807) is 12.1 Å². The number of hydrogen-bond donors (Lipinski definition) is 1. The van der Waals surface area contributed by atoms with Crippen LogP contribution in [0.4, 0.5) is 0 Å². The van der Waals surface area contributed by atoms with Crippen LogP contribution >= 0.6 is 0 Å². The maximum absolute atomic E-state index is 13.0. The number of phenolic OH excluding ortho intramolecular Hbond substituents is 1. The Morgan fingerprint density at radius 3 is 2.54 bits per heavy atom. The van der Waals surface area contributed by atoms with Crippen LogP contribution < -0.4 is 0 Å². The molecule has 0 saturated carbocycles.